The molecule has 4 aromatic rings. The monoisotopic (exact) mass is 485 g/mol. The van der Waals surface area contributed by atoms with Gasteiger partial charge in [-0.3, -0.25) is 9.59 Å². The van der Waals surface area contributed by atoms with E-state index in [-0.39, 0.29) is 17.1 Å². The summed E-state index contributed by atoms with van der Waals surface area (Å²) in [4.78, 5) is 37.0. The molecule has 0 saturated carbocycles. The Kier molecular flexibility index (Phi) is 7.50. The number of carbonyl (C=O) groups excluding carboxylic acids is 3. The van der Waals surface area contributed by atoms with Crippen LogP contribution in [0.15, 0.2) is 96.1 Å². The van der Waals surface area contributed by atoms with E-state index < -0.39 is 17.8 Å². The van der Waals surface area contributed by atoms with Gasteiger partial charge in [0.05, 0.1) is 28.9 Å². The molecule has 0 aliphatic carbocycles. The van der Waals surface area contributed by atoms with Crippen LogP contribution >= 0.6 is 11.6 Å². The van der Waals surface area contributed by atoms with Crippen LogP contribution in [0, 0.1) is 0 Å². The topological polar surface area (TPSA) is 96.9 Å². The van der Waals surface area contributed by atoms with Crippen LogP contribution < -0.4 is 15.5 Å². The van der Waals surface area contributed by atoms with Gasteiger partial charge in [-0.25, -0.2) is 10.2 Å². The van der Waals surface area contributed by atoms with E-state index in [1.54, 1.807) is 54.6 Å². The van der Waals surface area contributed by atoms with Crippen molar-refractivity contribution in [1.29, 1.82) is 0 Å². The molecule has 0 heterocycles. The minimum absolute atomic E-state index is 0.270. The molecule has 7 nitrogen and oxygen atoms in total. The second kappa shape index (κ2) is 11.1. The van der Waals surface area contributed by atoms with Crippen LogP contribution in [0.5, 0.6) is 5.75 Å². The average molecular weight is 486 g/mol. The minimum Gasteiger partial charge on any atom is -0.422 e. The Morgan fingerprint density at radius 2 is 1.57 bits per heavy atom. The van der Waals surface area contributed by atoms with E-state index in [2.05, 4.69) is 15.8 Å². The first-order valence-electron chi connectivity index (χ1n) is 10.7. The molecule has 0 aromatic heterocycles. The summed E-state index contributed by atoms with van der Waals surface area (Å²) in [7, 11) is 0. The van der Waals surface area contributed by atoms with Crippen molar-refractivity contribution in [2.75, 3.05) is 6.54 Å². The number of nitrogens with zero attached hydrogens (tertiary/aromatic N) is 1. The van der Waals surface area contributed by atoms with Crippen molar-refractivity contribution in [3.63, 3.8) is 0 Å². The van der Waals surface area contributed by atoms with Gasteiger partial charge in [-0.05, 0) is 41.1 Å². The molecule has 4 rings (SSSR count). The number of rotatable bonds is 7. The predicted molar refractivity (Wildman–Crippen MR) is 135 cm³/mol. The van der Waals surface area contributed by atoms with Crippen molar-refractivity contribution in [2.24, 2.45) is 5.10 Å². The van der Waals surface area contributed by atoms with Crippen molar-refractivity contribution in [3.8, 4) is 5.75 Å². The first-order chi connectivity index (χ1) is 17.0. The number of fused-ring (bicyclic) bond motifs is 1. The molecule has 2 N–H and O–H groups in total. The van der Waals surface area contributed by atoms with Gasteiger partial charge >= 0.3 is 5.97 Å². The molecular weight excluding hydrogens is 466 g/mol. The number of ether oxygens (including phenoxy) is 1. The van der Waals surface area contributed by atoms with Gasteiger partial charge in [-0.2, -0.15) is 5.10 Å². The Bertz CT molecular complexity index is 1420. The van der Waals surface area contributed by atoms with Crippen molar-refractivity contribution < 1.29 is 19.1 Å². The van der Waals surface area contributed by atoms with Crippen molar-refractivity contribution in [3.05, 3.63) is 113 Å². The van der Waals surface area contributed by atoms with E-state index in [0.717, 1.165) is 10.8 Å². The van der Waals surface area contributed by atoms with Crippen LogP contribution in [-0.4, -0.2) is 30.5 Å². The molecule has 4 aromatic carbocycles. The normalized spacial score (nSPS) is 10.8. The van der Waals surface area contributed by atoms with Gasteiger partial charge < -0.3 is 10.1 Å². The number of hydrogen-bond donors (Lipinski definition) is 2. The number of nitrogens with one attached hydrogen (secondary N) is 2. The average Bonchev–Trinajstić information content (AvgIpc) is 2.89. The second-order valence-corrected chi connectivity index (χ2v) is 7.82. The largest absolute Gasteiger partial charge is 0.422 e. The molecule has 8 heteroatoms. The molecule has 0 fully saturated rings. The van der Waals surface area contributed by atoms with Gasteiger partial charge in [-0.1, -0.05) is 72.3 Å². The number of hydrogen-bond acceptors (Lipinski definition) is 5. The minimum atomic E-state index is -0.537. The third kappa shape index (κ3) is 5.90. The lowest BCUT2D eigenvalue weighted by Crippen LogP contribution is -2.35. The maximum Gasteiger partial charge on any atom is 0.343 e. The van der Waals surface area contributed by atoms with Gasteiger partial charge in [0.25, 0.3) is 11.8 Å². The summed E-state index contributed by atoms with van der Waals surface area (Å²) in [5, 5.41) is 8.49. The summed E-state index contributed by atoms with van der Waals surface area (Å²) < 4.78 is 5.62. The number of benzene rings is 4. The summed E-state index contributed by atoms with van der Waals surface area (Å²) in [6, 6.07) is 26.2. The molecular formula is C27H20ClN3O4. The molecule has 0 radical (unpaired) electrons. The Labute approximate surface area is 206 Å². The third-order valence-corrected chi connectivity index (χ3v) is 5.38. The standard InChI is InChI=1S/C27H20ClN3O4/c28-23-13-7-6-12-21(23)26(33)29-17-25(32)31-30-16-22-20-11-5-4-8-18(20)14-15-24(22)35-27(34)19-9-2-1-3-10-19/h1-16H,17H2,(H,29,33)(H,31,32)/b30-16-. The Morgan fingerprint density at radius 1 is 0.857 bits per heavy atom. The van der Waals surface area contributed by atoms with E-state index in [9.17, 15) is 14.4 Å². The molecule has 0 aliphatic rings. The highest BCUT2D eigenvalue weighted by atomic mass is 35.5. The van der Waals surface area contributed by atoms with E-state index in [1.165, 1.54) is 6.21 Å². The maximum atomic E-state index is 12.6. The highest BCUT2D eigenvalue weighted by Gasteiger charge is 2.14. The lowest BCUT2D eigenvalue weighted by Gasteiger charge is -2.10. The van der Waals surface area contributed by atoms with Crippen LogP contribution in [0.25, 0.3) is 10.8 Å². The fourth-order valence-electron chi connectivity index (χ4n) is 3.34. The fraction of sp³-hybridized carbons (Fsp3) is 0.0370. The van der Waals surface area contributed by atoms with Crippen LogP contribution in [0.2, 0.25) is 5.02 Å². The Balaban J connectivity index is 1.47. The van der Waals surface area contributed by atoms with Gasteiger partial charge in [-0.15, -0.1) is 0 Å². The van der Waals surface area contributed by atoms with Crippen LogP contribution in [-0.2, 0) is 4.79 Å². The van der Waals surface area contributed by atoms with E-state index >= 15 is 0 Å². The van der Waals surface area contributed by atoms with Crippen LogP contribution in [0.1, 0.15) is 26.3 Å². The molecule has 0 bridgehead atoms. The number of halogens is 1. The lowest BCUT2D eigenvalue weighted by atomic mass is 10.0. The Morgan fingerprint density at radius 3 is 2.37 bits per heavy atom. The molecule has 0 aliphatic heterocycles. The second-order valence-electron chi connectivity index (χ2n) is 7.41. The predicted octanol–water partition coefficient (Wildman–Crippen LogP) is 4.59. The zero-order valence-corrected chi connectivity index (χ0v) is 19.2. The highest BCUT2D eigenvalue weighted by molar-refractivity contribution is 6.33. The quantitative estimate of drug-likeness (QED) is 0.173. The molecule has 35 heavy (non-hydrogen) atoms. The summed E-state index contributed by atoms with van der Waals surface area (Å²) in [5.74, 6) is -1.23. The molecule has 174 valence electrons. The molecule has 0 unspecified atom stereocenters. The van der Waals surface area contributed by atoms with E-state index in [4.69, 9.17) is 16.3 Å². The van der Waals surface area contributed by atoms with E-state index in [0.29, 0.717) is 16.9 Å². The zero-order valence-electron chi connectivity index (χ0n) is 18.4. The fourth-order valence-corrected chi connectivity index (χ4v) is 3.56. The summed E-state index contributed by atoms with van der Waals surface area (Å²) in [6.45, 7) is -0.299. The van der Waals surface area contributed by atoms with Crippen LogP contribution in [0.3, 0.4) is 0 Å². The van der Waals surface area contributed by atoms with Gasteiger partial charge in [0.1, 0.15) is 5.75 Å². The number of hydrazone groups is 1. The third-order valence-electron chi connectivity index (χ3n) is 5.05. The zero-order chi connectivity index (χ0) is 24.6. The van der Waals surface area contributed by atoms with Crippen molar-refractivity contribution >= 4 is 46.4 Å². The molecule has 0 atom stereocenters. The highest BCUT2D eigenvalue weighted by Crippen LogP contribution is 2.27. The number of carbonyl (C=O) groups is 3. The maximum absolute atomic E-state index is 12.6. The molecule has 0 saturated heterocycles. The van der Waals surface area contributed by atoms with Gasteiger partial charge in [0, 0.05) is 5.56 Å². The first-order valence-corrected chi connectivity index (χ1v) is 11.0. The van der Waals surface area contributed by atoms with Gasteiger partial charge in [0.2, 0.25) is 0 Å². The number of amides is 2. The van der Waals surface area contributed by atoms with Crippen molar-refractivity contribution in [1.82, 2.24) is 10.7 Å². The molecule has 0 spiro atoms. The summed E-state index contributed by atoms with van der Waals surface area (Å²) in [6.07, 6.45) is 1.41. The molecule has 2 amide bonds. The first kappa shape index (κ1) is 23.7. The lowest BCUT2D eigenvalue weighted by molar-refractivity contribution is -0.120. The number of esters is 1. The SMILES string of the molecule is O=C(CNC(=O)c1ccccc1Cl)N/N=C\c1c(OC(=O)c2ccccc2)ccc2ccccc12. The van der Waals surface area contributed by atoms with Crippen LogP contribution in [0.4, 0.5) is 0 Å². The Hall–Kier alpha value is -4.49. The van der Waals surface area contributed by atoms with Crippen molar-refractivity contribution in [2.45, 2.75) is 0 Å². The summed E-state index contributed by atoms with van der Waals surface area (Å²) >= 11 is 6.00. The van der Waals surface area contributed by atoms with Gasteiger partial charge in [0.15, 0.2) is 0 Å². The van der Waals surface area contributed by atoms with E-state index in [1.807, 2.05) is 36.4 Å². The smallest absolute Gasteiger partial charge is 0.343 e. The summed E-state index contributed by atoms with van der Waals surface area (Å²) in [5.41, 5.74) is 3.57.